The minimum atomic E-state index is 0.606. The van der Waals surface area contributed by atoms with Crippen molar-refractivity contribution >= 4 is 22.7 Å². The van der Waals surface area contributed by atoms with E-state index in [0.717, 1.165) is 41.3 Å². The molecule has 0 amide bonds. The molecular weight excluding hydrogens is 348 g/mol. The largest absolute Gasteiger partial charge is 0.383 e. The van der Waals surface area contributed by atoms with Gasteiger partial charge in [-0.25, -0.2) is 15.8 Å². The van der Waals surface area contributed by atoms with Gasteiger partial charge in [0, 0.05) is 39.5 Å². The second-order valence-electron chi connectivity index (χ2n) is 6.42. The number of hydrogen-bond donors (Lipinski definition) is 2. The quantitative estimate of drug-likeness (QED) is 0.478. The van der Waals surface area contributed by atoms with E-state index in [-0.39, 0.29) is 0 Å². The summed E-state index contributed by atoms with van der Waals surface area (Å²) in [6, 6.07) is 1.94. The Bertz CT molecular complexity index is 929. The molecule has 1 saturated heterocycles. The molecule has 0 saturated carbocycles. The number of aryl methyl sites for hydroxylation is 1. The number of hydrogen-bond acceptors (Lipinski definition) is 8. The molecule has 10 nitrogen and oxygen atoms in total. The average Bonchev–Trinajstić information content (AvgIpc) is 3.31. The third-order valence-electron chi connectivity index (χ3n) is 4.72. The molecule has 0 atom stereocenters. The van der Waals surface area contributed by atoms with Gasteiger partial charge in [-0.3, -0.25) is 4.68 Å². The van der Waals surface area contributed by atoms with Gasteiger partial charge in [-0.05, 0) is 0 Å². The first-order valence-corrected chi connectivity index (χ1v) is 8.90. The molecule has 0 bridgehead atoms. The van der Waals surface area contributed by atoms with Crippen LogP contribution in [0.4, 0.5) is 11.5 Å². The maximum Gasteiger partial charge on any atom is 0.164 e. The van der Waals surface area contributed by atoms with Crippen LogP contribution in [0.15, 0.2) is 18.5 Å². The van der Waals surface area contributed by atoms with E-state index in [0.29, 0.717) is 32.2 Å². The molecule has 0 aliphatic carbocycles. The van der Waals surface area contributed by atoms with Crippen LogP contribution in [0, 0.1) is 0 Å². The first-order chi connectivity index (χ1) is 13.2. The number of hydrazine groups is 1. The topological polar surface area (TPSA) is 108 Å². The van der Waals surface area contributed by atoms with Crippen LogP contribution >= 0.6 is 0 Å². The molecular formula is C17H24N8O2. The van der Waals surface area contributed by atoms with Crippen molar-refractivity contribution in [3.05, 3.63) is 18.5 Å². The summed E-state index contributed by atoms with van der Waals surface area (Å²) in [5.74, 6) is 7.06. The molecule has 144 valence electrons. The maximum absolute atomic E-state index is 5.65. The zero-order chi connectivity index (χ0) is 18.8. The van der Waals surface area contributed by atoms with Gasteiger partial charge < -0.3 is 24.4 Å². The van der Waals surface area contributed by atoms with Crippen molar-refractivity contribution in [1.82, 2.24) is 24.3 Å². The second kappa shape index (κ2) is 7.51. The van der Waals surface area contributed by atoms with Crippen LogP contribution in [-0.4, -0.2) is 64.3 Å². The lowest BCUT2D eigenvalue weighted by Gasteiger charge is -2.29. The van der Waals surface area contributed by atoms with Crippen molar-refractivity contribution in [1.29, 1.82) is 0 Å². The number of nitrogens with one attached hydrogen (secondary N) is 1. The van der Waals surface area contributed by atoms with Gasteiger partial charge in [-0.1, -0.05) is 0 Å². The van der Waals surface area contributed by atoms with Gasteiger partial charge in [-0.2, -0.15) is 5.10 Å². The van der Waals surface area contributed by atoms with Crippen LogP contribution in [0.1, 0.15) is 0 Å². The summed E-state index contributed by atoms with van der Waals surface area (Å²) in [5, 5.41) is 4.39. The summed E-state index contributed by atoms with van der Waals surface area (Å²) in [7, 11) is 3.63. The lowest BCUT2D eigenvalue weighted by atomic mass is 10.3. The van der Waals surface area contributed by atoms with E-state index < -0.39 is 0 Å². The highest BCUT2D eigenvalue weighted by Crippen LogP contribution is 2.31. The van der Waals surface area contributed by atoms with Crippen molar-refractivity contribution < 1.29 is 9.47 Å². The Hall–Kier alpha value is -2.69. The lowest BCUT2D eigenvalue weighted by molar-refractivity contribution is 0.123. The molecule has 1 aliphatic rings. The molecule has 0 spiro atoms. The van der Waals surface area contributed by atoms with Crippen molar-refractivity contribution in [3.63, 3.8) is 0 Å². The van der Waals surface area contributed by atoms with Crippen LogP contribution in [-0.2, 0) is 23.1 Å². The molecule has 3 aromatic heterocycles. The normalized spacial score (nSPS) is 14.9. The van der Waals surface area contributed by atoms with Gasteiger partial charge in [0.15, 0.2) is 5.65 Å². The molecule has 0 radical (unpaired) electrons. The van der Waals surface area contributed by atoms with E-state index in [1.807, 2.05) is 34.8 Å². The zero-order valence-electron chi connectivity index (χ0n) is 15.6. The van der Waals surface area contributed by atoms with Crippen LogP contribution in [0.2, 0.25) is 0 Å². The summed E-state index contributed by atoms with van der Waals surface area (Å²) in [6.45, 7) is 4.31. The SMILES string of the molecule is COCCn1cc(-c2nc3c(N4CCOCC4)cc(NN)nc3n2C)cn1. The lowest BCUT2D eigenvalue weighted by Crippen LogP contribution is -2.36. The van der Waals surface area contributed by atoms with E-state index in [9.17, 15) is 0 Å². The van der Waals surface area contributed by atoms with Gasteiger partial charge in [0.05, 0.1) is 43.8 Å². The number of aromatic nitrogens is 5. The summed E-state index contributed by atoms with van der Waals surface area (Å²) in [5.41, 5.74) is 6.21. The number of nitrogen functional groups attached to an aromatic ring is 1. The molecule has 27 heavy (non-hydrogen) atoms. The minimum absolute atomic E-state index is 0.606. The molecule has 0 aromatic carbocycles. The summed E-state index contributed by atoms with van der Waals surface area (Å²) < 4.78 is 14.4. The van der Waals surface area contributed by atoms with Gasteiger partial charge in [0.2, 0.25) is 0 Å². The van der Waals surface area contributed by atoms with Gasteiger partial charge in [0.25, 0.3) is 0 Å². The first kappa shape index (κ1) is 17.7. The first-order valence-electron chi connectivity index (χ1n) is 8.90. The van der Waals surface area contributed by atoms with E-state index in [4.69, 9.17) is 20.3 Å². The van der Waals surface area contributed by atoms with Crippen molar-refractivity contribution in [2.24, 2.45) is 12.9 Å². The fourth-order valence-electron chi connectivity index (χ4n) is 3.30. The van der Waals surface area contributed by atoms with Gasteiger partial charge >= 0.3 is 0 Å². The number of fused-ring (bicyclic) bond motifs is 1. The van der Waals surface area contributed by atoms with Gasteiger partial charge in [0.1, 0.15) is 17.2 Å². The van der Waals surface area contributed by atoms with E-state index in [1.165, 1.54) is 0 Å². The second-order valence-corrected chi connectivity index (χ2v) is 6.42. The Morgan fingerprint density at radius 3 is 2.85 bits per heavy atom. The molecule has 3 aromatic rings. The molecule has 1 fully saturated rings. The van der Waals surface area contributed by atoms with Crippen LogP contribution in [0.3, 0.4) is 0 Å². The van der Waals surface area contributed by atoms with E-state index in [1.54, 1.807) is 7.11 Å². The number of methoxy groups -OCH3 is 1. The van der Waals surface area contributed by atoms with E-state index in [2.05, 4.69) is 20.4 Å². The van der Waals surface area contributed by atoms with Crippen LogP contribution < -0.4 is 16.2 Å². The number of anilines is 2. The smallest absolute Gasteiger partial charge is 0.164 e. The predicted octanol–water partition coefficient (Wildman–Crippen LogP) is 0.600. The fourth-order valence-corrected chi connectivity index (χ4v) is 3.30. The molecule has 4 rings (SSSR count). The summed E-state index contributed by atoms with van der Waals surface area (Å²) in [4.78, 5) is 11.8. The molecule has 10 heteroatoms. The van der Waals surface area contributed by atoms with Crippen molar-refractivity contribution in [2.45, 2.75) is 6.54 Å². The fraction of sp³-hybridized carbons (Fsp3) is 0.471. The Labute approximate surface area is 156 Å². The standard InChI is InChI=1S/C17H24N8O2/c1-23-16(12-10-19-25(11-12)5-6-26-2)21-15-13(24-3-7-27-8-4-24)9-14(22-18)20-17(15)23/h9-11H,3-8,18H2,1-2H3,(H,20,22). The zero-order valence-corrected chi connectivity index (χ0v) is 15.6. The van der Waals surface area contributed by atoms with Crippen LogP contribution in [0.5, 0.6) is 0 Å². The number of nitrogens with two attached hydrogens (primary N) is 1. The Morgan fingerprint density at radius 1 is 1.30 bits per heavy atom. The number of pyridine rings is 1. The highest BCUT2D eigenvalue weighted by Gasteiger charge is 2.21. The molecule has 4 heterocycles. The van der Waals surface area contributed by atoms with E-state index >= 15 is 0 Å². The number of ether oxygens (including phenoxy) is 2. The number of imidazole rings is 1. The summed E-state index contributed by atoms with van der Waals surface area (Å²) >= 11 is 0. The molecule has 1 aliphatic heterocycles. The predicted molar refractivity (Wildman–Crippen MR) is 102 cm³/mol. The highest BCUT2D eigenvalue weighted by atomic mass is 16.5. The Kier molecular flexibility index (Phi) is 4.92. The third kappa shape index (κ3) is 3.34. The molecule has 3 N–H and O–H groups in total. The third-order valence-corrected chi connectivity index (χ3v) is 4.72. The number of rotatable bonds is 6. The van der Waals surface area contributed by atoms with Crippen molar-refractivity contribution in [3.8, 4) is 11.4 Å². The Morgan fingerprint density at radius 2 is 2.11 bits per heavy atom. The monoisotopic (exact) mass is 372 g/mol. The Balaban J connectivity index is 1.78. The minimum Gasteiger partial charge on any atom is -0.383 e. The van der Waals surface area contributed by atoms with Crippen molar-refractivity contribution in [2.75, 3.05) is 50.3 Å². The highest BCUT2D eigenvalue weighted by molar-refractivity contribution is 5.91. The number of morpholine rings is 1. The average molecular weight is 372 g/mol. The molecule has 0 unspecified atom stereocenters. The number of nitrogens with zero attached hydrogens (tertiary/aromatic N) is 6. The van der Waals surface area contributed by atoms with Crippen LogP contribution in [0.25, 0.3) is 22.6 Å². The van der Waals surface area contributed by atoms with Gasteiger partial charge in [-0.15, -0.1) is 0 Å². The summed E-state index contributed by atoms with van der Waals surface area (Å²) in [6.07, 6.45) is 3.78. The maximum atomic E-state index is 5.65.